The van der Waals surface area contributed by atoms with Gasteiger partial charge in [0.15, 0.2) is 0 Å². The van der Waals surface area contributed by atoms with Crippen LogP contribution in [-0.2, 0) is 6.54 Å². The lowest BCUT2D eigenvalue weighted by Gasteiger charge is -2.07. The molecule has 2 aromatic rings. The molecule has 0 aliphatic rings. The minimum atomic E-state index is -0.224. The lowest BCUT2D eigenvalue weighted by molar-refractivity contribution is 0.620. The average Bonchev–Trinajstić information content (AvgIpc) is 2.32. The predicted octanol–water partition coefficient (Wildman–Crippen LogP) is 2.54. The summed E-state index contributed by atoms with van der Waals surface area (Å²) in [4.78, 5) is 8.10. The quantitative estimate of drug-likeness (QED) is 0.858. The molecule has 4 heteroatoms. The Morgan fingerprint density at radius 1 is 1.19 bits per heavy atom. The van der Waals surface area contributed by atoms with Crippen LogP contribution in [0.15, 0.2) is 36.7 Å². The number of aryl methyl sites for hydroxylation is 1. The van der Waals surface area contributed by atoms with E-state index in [4.69, 9.17) is 0 Å². The number of hydrogen-bond donors (Lipinski definition) is 1. The molecule has 0 amide bonds. The third-order valence-corrected chi connectivity index (χ3v) is 2.25. The summed E-state index contributed by atoms with van der Waals surface area (Å²) in [6, 6.07) is 6.99. The second-order valence-electron chi connectivity index (χ2n) is 3.46. The highest BCUT2D eigenvalue weighted by Crippen LogP contribution is 2.17. The third-order valence-electron chi connectivity index (χ3n) is 2.25. The van der Waals surface area contributed by atoms with E-state index in [1.165, 1.54) is 0 Å². The van der Waals surface area contributed by atoms with Crippen molar-refractivity contribution in [3.63, 3.8) is 0 Å². The van der Waals surface area contributed by atoms with Gasteiger partial charge < -0.3 is 5.32 Å². The number of rotatable bonds is 3. The van der Waals surface area contributed by atoms with Gasteiger partial charge in [0.1, 0.15) is 11.6 Å². The summed E-state index contributed by atoms with van der Waals surface area (Å²) in [5, 5.41) is 2.97. The van der Waals surface area contributed by atoms with Crippen LogP contribution in [-0.4, -0.2) is 9.97 Å². The van der Waals surface area contributed by atoms with Crippen molar-refractivity contribution in [2.45, 2.75) is 13.5 Å². The monoisotopic (exact) mass is 217 g/mol. The molecule has 1 aromatic heterocycles. The average molecular weight is 217 g/mol. The Morgan fingerprint density at radius 2 is 1.94 bits per heavy atom. The number of aromatic nitrogens is 2. The van der Waals surface area contributed by atoms with Gasteiger partial charge >= 0.3 is 0 Å². The number of hydrogen-bond acceptors (Lipinski definition) is 3. The normalized spacial score (nSPS) is 10.1. The molecule has 0 radical (unpaired) electrons. The summed E-state index contributed by atoms with van der Waals surface area (Å²) < 4.78 is 13.6. The van der Waals surface area contributed by atoms with E-state index >= 15 is 0 Å². The fourth-order valence-electron chi connectivity index (χ4n) is 1.38. The van der Waals surface area contributed by atoms with Gasteiger partial charge in [0, 0.05) is 12.4 Å². The smallest absolute Gasteiger partial charge is 0.149 e. The second kappa shape index (κ2) is 4.70. The van der Waals surface area contributed by atoms with Gasteiger partial charge in [-0.15, -0.1) is 0 Å². The van der Waals surface area contributed by atoms with Gasteiger partial charge in [-0.2, -0.15) is 0 Å². The maximum absolute atomic E-state index is 13.6. The molecule has 0 saturated heterocycles. The van der Waals surface area contributed by atoms with E-state index in [0.717, 1.165) is 0 Å². The number of nitrogens with zero attached hydrogens (tertiary/aromatic N) is 2. The van der Waals surface area contributed by atoms with Crippen LogP contribution in [0.3, 0.4) is 0 Å². The summed E-state index contributed by atoms with van der Waals surface area (Å²) in [6.07, 6.45) is 3.33. The second-order valence-corrected chi connectivity index (χ2v) is 3.46. The molecule has 82 valence electrons. The van der Waals surface area contributed by atoms with Crippen LogP contribution < -0.4 is 5.32 Å². The molecule has 2 rings (SSSR count). The van der Waals surface area contributed by atoms with E-state index in [1.54, 1.807) is 37.5 Å². The van der Waals surface area contributed by atoms with E-state index in [9.17, 15) is 4.39 Å². The van der Waals surface area contributed by atoms with Crippen LogP contribution in [0.2, 0.25) is 0 Å². The molecule has 0 spiro atoms. The lowest BCUT2D eigenvalue weighted by Crippen LogP contribution is -2.05. The van der Waals surface area contributed by atoms with Gasteiger partial charge in [0.05, 0.1) is 12.2 Å². The van der Waals surface area contributed by atoms with Crippen molar-refractivity contribution >= 4 is 5.69 Å². The van der Waals surface area contributed by atoms with Crippen LogP contribution >= 0.6 is 0 Å². The standard InChI is InChI=1S/C12H12FN3/c1-9-4-2-5-10(12(9)13)16-8-11-14-6-3-7-15-11/h2-7,16H,8H2,1H3. The first-order chi connectivity index (χ1) is 7.77. The topological polar surface area (TPSA) is 37.8 Å². The molecular formula is C12H12FN3. The van der Waals surface area contributed by atoms with Crippen molar-refractivity contribution in [2.24, 2.45) is 0 Å². The molecular weight excluding hydrogens is 205 g/mol. The largest absolute Gasteiger partial charge is 0.375 e. The van der Waals surface area contributed by atoms with E-state index in [2.05, 4.69) is 15.3 Å². The molecule has 0 aliphatic heterocycles. The van der Waals surface area contributed by atoms with Gasteiger partial charge in [0.2, 0.25) is 0 Å². The lowest BCUT2D eigenvalue weighted by atomic mass is 10.2. The molecule has 1 N–H and O–H groups in total. The van der Waals surface area contributed by atoms with E-state index in [-0.39, 0.29) is 5.82 Å². The first kappa shape index (κ1) is 10.5. The number of benzene rings is 1. The van der Waals surface area contributed by atoms with Gasteiger partial charge in [-0.25, -0.2) is 14.4 Å². The highest BCUT2D eigenvalue weighted by atomic mass is 19.1. The molecule has 0 atom stereocenters. The van der Waals surface area contributed by atoms with Crippen molar-refractivity contribution in [1.29, 1.82) is 0 Å². The molecule has 0 saturated carbocycles. The number of anilines is 1. The van der Waals surface area contributed by atoms with Gasteiger partial charge in [0.25, 0.3) is 0 Å². The van der Waals surface area contributed by atoms with Gasteiger partial charge in [-0.3, -0.25) is 0 Å². The number of halogens is 1. The van der Waals surface area contributed by atoms with E-state index < -0.39 is 0 Å². The molecule has 0 bridgehead atoms. The van der Waals surface area contributed by atoms with Crippen LogP contribution in [0.25, 0.3) is 0 Å². The predicted molar refractivity (Wildman–Crippen MR) is 60.5 cm³/mol. The molecule has 0 unspecified atom stereocenters. The molecule has 3 nitrogen and oxygen atoms in total. The number of nitrogens with one attached hydrogen (secondary N) is 1. The summed E-state index contributed by atoms with van der Waals surface area (Å²) >= 11 is 0. The Balaban J connectivity index is 2.08. The summed E-state index contributed by atoms with van der Waals surface area (Å²) in [5.74, 6) is 0.418. The first-order valence-corrected chi connectivity index (χ1v) is 5.02. The minimum Gasteiger partial charge on any atom is -0.375 e. The first-order valence-electron chi connectivity index (χ1n) is 5.02. The zero-order valence-electron chi connectivity index (χ0n) is 8.94. The zero-order valence-corrected chi connectivity index (χ0v) is 8.94. The van der Waals surface area contributed by atoms with Crippen molar-refractivity contribution in [1.82, 2.24) is 9.97 Å². The van der Waals surface area contributed by atoms with Crippen molar-refractivity contribution in [2.75, 3.05) is 5.32 Å². The Kier molecular flexibility index (Phi) is 3.10. The highest BCUT2D eigenvalue weighted by Gasteiger charge is 2.04. The third kappa shape index (κ3) is 2.34. The van der Waals surface area contributed by atoms with Crippen molar-refractivity contribution in [3.05, 3.63) is 53.9 Å². The summed E-state index contributed by atoms with van der Waals surface area (Å²) in [7, 11) is 0. The zero-order chi connectivity index (χ0) is 11.4. The molecule has 16 heavy (non-hydrogen) atoms. The molecule has 0 fully saturated rings. The fraction of sp³-hybridized carbons (Fsp3) is 0.167. The van der Waals surface area contributed by atoms with Gasteiger partial charge in [-0.1, -0.05) is 12.1 Å². The Morgan fingerprint density at radius 3 is 2.69 bits per heavy atom. The fourth-order valence-corrected chi connectivity index (χ4v) is 1.38. The van der Waals surface area contributed by atoms with Crippen LogP contribution in [0.1, 0.15) is 11.4 Å². The Labute approximate surface area is 93.4 Å². The Bertz CT molecular complexity index is 471. The van der Waals surface area contributed by atoms with Crippen LogP contribution in [0.5, 0.6) is 0 Å². The maximum Gasteiger partial charge on any atom is 0.149 e. The van der Waals surface area contributed by atoms with Crippen molar-refractivity contribution < 1.29 is 4.39 Å². The van der Waals surface area contributed by atoms with Crippen molar-refractivity contribution in [3.8, 4) is 0 Å². The van der Waals surface area contributed by atoms with Gasteiger partial charge in [-0.05, 0) is 24.6 Å². The molecule has 1 heterocycles. The maximum atomic E-state index is 13.6. The molecule has 0 aliphatic carbocycles. The molecule has 1 aromatic carbocycles. The van der Waals surface area contributed by atoms with Crippen LogP contribution in [0.4, 0.5) is 10.1 Å². The summed E-state index contributed by atoms with van der Waals surface area (Å²) in [6.45, 7) is 2.15. The van der Waals surface area contributed by atoms with Crippen LogP contribution in [0, 0.1) is 12.7 Å². The summed E-state index contributed by atoms with van der Waals surface area (Å²) in [5.41, 5.74) is 1.10. The Hall–Kier alpha value is -1.97. The van der Waals surface area contributed by atoms with E-state index in [0.29, 0.717) is 23.6 Å². The minimum absolute atomic E-state index is 0.224. The van der Waals surface area contributed by atoms with E-state index in [1.807, 2.05) is 6.07 Å². The highest BCUT2D eigenvalue weighted by molar-refractivity contribution is 5.47. The SMILES string of the molecule is Cc1cccc(NCc2ncccn2)c1F.